The van der Waals surface area contributed by atoms with Gasteiger partial charge in [-0.1, -0.05) is 47.5 Å². The zero-order valence-corrected chi connectivity index (χ0v) is 14.4. The van der Waals surface area contributed by atoms with Crippen molar-refractivity contribution in [2.45, 2.75) is 78.9 Å². The molecule has 2 nitrogen and oxygen atoms in total. The van der Waals surface area contributed by atoms with E-state index in [0.29, 0.717) is 0 Å². The number of rotatable bonds is 7. The van der Waals surface area contributed by atoms with Crippen LogP contribution < -0.4 is 10.6 Å². The van der Waals surface area contributed by atoms with Crippen LogP contribution in [0.4, 0.5) is 13.2 Å². The molecule has 1 rings (SSSR count). The lowest BCUT2D eigenvalue weighted by Crippen LogP contribution is -2.27. The fraction of sp³-hybridized carbons (Fsp3) is 1.00. The molecule has 0 radical (unpaired) electrons. The minimum Gasteiger partial charge on any atom is -0.317 e. The normalized spacial score (nSPS) is 21.1. The van der Waals surface area contributed by atoms with Crippen LogP contribution in [0, 0.1) is 5.92 Å². The van der Waals surface area contributed by atoms with Gasteiger partial charge in [-0.05, 0) is 32.4 Å². The Morgan fingerprint density at radius 2 is 1.67 bits per heavy atom. The molecule has 1 saturated heterocycles. The van der Waals surface area contributed by atoms with E-state index in [9.17, 15) is 13.2 Å². The second kappa shape index (κ2) is 14.6. The third-order valence-electron chi connectivity index (χ3n) is 3.31. The topological polar surface area (TPSA) is 24.1 Å². The molecule has 0 aromatic heterocycles. The Balaban J connectivity index is 0. The zero-order valence-electron chi connectivity index (χ0n) is 14.4. The maximum Gasteiger partial charge on any atom is 0.393 e. The Labute approximate surface area is 129 Å². The third kappa shape index (κ3) is 12.0. The Bertz CT molecular complexity index is 208. The smallest absolute Gasteiger partial charge is 0.317 e. The van der Waals surface area contributed by atoms with Gasteiger partial charge in [-0.15, -0.1) is 0 Å². The maximum absolute atomic E-state index is 12.4. The molecule has 1 aliphatic rings. The average molecular weight is 312 g/mol. The number of alkyl halides is 3. The van der Waals surface area contributed by atoms with Gasteiger partial charge in [-0.2, -0.15) is 13.2 Å². The van der Waals surface area contributed by atoms with Gasteiger partial charge in [-0.3, -0.25) is 0 Å². The molecule has 2 unspecified atom stereocenters. The highest BCUT2D eigenvalue weighted by atomic mass is 19.4. The number of hydrogen-bond donors (Lipinski definition) is 2. The first-order valence-electron chi connectivity index (χ1n) is 8.55. The van der Waals surface area contributed by atoms with Gasteiger partial charge in [0, 0.05) is 12.6 Å². The Morgan fingerprint density at radius 3 is 2.14 bits per heavy atom. The Kier molecular flexibility index (Phi) is 16.0. The molecular formula is C16H35F3N2. The van der Waals surface area contributed by atoms with Crippen LogP contribution in [-0.4, -0.2) is 31.9 Å². The summed E-state index contributed by atoms with van der Waals surface area (Å²) in [6, 6.07) is 0.0281. The molecule has 2 N–H and O–H groups in total. The van der Waals surface area contributed by atoms with E-state index in [1.165, 1.54) is 12.8 Å². The van der Waals surface area contributed by atoms with Crippen molar-refractivity contribution in [3.8, 4) is 0 Å². The molecular weight excluding hydrogens is 277 g/mol. The monoisotopic (exact) mass is 312 g/mol. The SMILES string of the molecule is CC.CC.CCCCCNCCC1CC(C(F)(F)F)CN1. The van der Waals surface area contributed by atoms with Crippen LogP contribution in [-0.2, 0) is 0 Å². The largest absolute Gasteiger partial charge is 0.393 e. The second-order valence-corrected chi connectivity index (χ2v) is 4.83. The summed E-state index contributed by atoms with van der Waals surface area (Å²) in [7, 11) is 0. The molecule has 0 aromatic rings. The molecule has 1 aliphatic heterocycles. The van der Waals surface area contributed by atoms with Crippen molar-refractivity contribution >= 4 is 0 Å². The van der Waals surface area contributed by atoms with Crippen LogP contribution in [0.2, 0.25) is 0 Å². The first-order valence-corrected chi connectivity index (χ1v) is 8.55. The highest BCUT2D eigenvalue weighted by Crippen LogP contribution is 2.32. The maximum atomic E-state index is 12.4. The minimum atomic E-state index is -4.03. The zero-order chi connectivity index (χ0) is 16.7. The summed E-state index contributed by atoms with van der Waals surface area (Å²) in [5, 5.41) is 6.23. The molecule has 0 bridgehead atoms. The van der Waals surface area contributed by atoms with Crippen LogP contribution in [0.5, 0.6) is 0 Å². The van der Waals surface area contributed by atoms with Gasteiger partial charge < -0.3 is 10.6 Å². The van der Waals surface area contributed by atoms with Crippen LogP contribution in [0.15, 0.2) is 0 Å². The molecule has 130 valence electrons. The third-order valence-corrected chi connectivity index (χ3v) is 3.31. The Hall–Kier alpha value is -0.290. The molecule has 0 aromatic carbocycles. The second-order valence-electron chi connectivity index (χ2n) is 4.83. The van der Waals surface area contributed by atoms with Gasteiger partial charge in [0.1, 0.15) is 0 Å². The fourth-order valence-electron chi connectivity index (χ4n) is 2.19. The number of hydrogen-bond acceptors (Lipinski definition) is 2. The van der Waals surface area contributed by atoms with Gasteiger partial charge in [0.25, 0.3) is 0 Å². The van der Waals surface area contributed by atoms with Crippen molar-refractivity contribution in [1.82, 2.24) is 10.6 Å². The summed E-state index contributed by atoms with van der Waals surface area (Å²) >= 11 is 0. The van der Waals surface area contributed by atoms with Crippen LogP contribution in [0.3, 0.4) is 0 Å². The molecule has 0 saturated carbocycles. The predicted molar refractivity (Wildman–Crippen MR) is 85.7 cm³/mol. The van der Waals surface area contributed by atoms with Crippen LogP contribution in [0.25, 0.3) is 0 Å². The van der Waals surface area contributed by atoms with E-state index in [1.807, 2.05) is 27.7 Å². The molecule has 1 heterocycles. The van der Waals surface area contributed by atoms with Crippen molar-refractivity contribution in [2.75, 3.05) is 19.6 Å². The number of nitrogens with one attached hydrogen (secondary N) is 2. The summed E-state index contributed by atoms with van der Waals surface area (Å²) in [5.74, 6) is -1.15. The van der Waals surface area contributed by atoms with Gasteiger partial charge in [0.05, 0.1) is 5.92 Å². The van der Waals surface area contributed by atoms with Crippen molar-refractivity contribution in [3.63, 3.8) is 0 Å². The van der Waals surface area contributed by atoms with E-state index < -0.39 is 12.1 Å². The molecule has 0 aliphatic carbocycles. The van der Waals surface area contributed by atoms with Gasteiger partial charge in [0.2, 0.25) is 0 Å². The van der Waals surface area contributed by atoms with Gasteiger partial charge in [-0.25, -0.2) is 0 Å². The molecule has 5 heteroatoms. The van der Waals surface area contributed by atoms with E-state index in [1.54, 1.807) is 0 Å². The number of unbranched alkanes of at least 4 members (excludes halogenated alkanes) is 2. The quantitative estimate of drug-likeness (QED) is 0.663. The lowest BCUT2D eigenvalue weighted by Gasteiger charge is -2.13. The van der Waals surface area contributed by atoms with Crippen LogP contribution in [0.1, 0.15) is 66.7 Å². The van der Waals surface area contributed by atoms with E-state index in [-0.39, 0.29) is 19.0 Å². The van der Waals surface area contributed by atoms with E-state index in [0.717, 1.165) is 25.9 Å². The van der Waals surface area contributed by atoms with Crippen molar-refractivity contribution in [2.24, 2.45) is 5.92 Å². The predicted octanol–water partition coefficient (Wildman–Crippen LogP) is 4.75. The first kappa shape index (κ1) is 23.0. The van der Waals surface area contributed by atoms with E-state index >= 15 is 0 Å². The van der Waals surface area contributed by atoms with Gasteiger partial charge in [0.15, 0.2) is 0 Å². The minimum absolute atomic E-state index is 0.0281. The molecule has 2 atom stereocenters. The van der Waals surface area contributed by atoms with Crippen molar-refractivity contribution in [1.29, 1.82) is 0 Å². The summed E-state index contributed by atoms with van der Waals surface area (Å²) in [6.45, 7) is 12.0. The molecule has 0 spiro atoms. The lowest BCUT2D eigenvalue weighted by atomic mass is 10.0. The standard InChI is InChI=1S/C12H23F3N2.2C2H6/c1-2-3-4-6-16-7-5-11-8-10(9-17-11)12(13,14)15;2*1-2/h10-11,16-17H,2-9H2,1H3;2*1-2H3. The fourth-order valence-corrected chi connectivity index (χ4v) is 2.19. The highest BCUT2D eigenvalue weighted by Gasteiger charge is 2.43. The molecule has 21 heavy (non-hydrogen) atoms. The first-order chi connectivity index (χ1) is 10.0. The van der Waals surface area contributed by atoms with E-state index in [2.05, 4.69) is 17.6 Å². The molecule has 0 amide bonds. The van der Waals surface area contributed by atoms with Crippen molar-refractivity contribution < 1.29 is 13.2 Å². The average Bonchev–Trinajstić information content (AvgIpc) is 2.96. The van der Waals surface area contributed by atoms with Crippen molar-refractivity contribution in [3.05, 3.63) is 0 Å². The van der Waals surface area contributed by atoms with Crippen LogP contribution >= 0.6 is 0 Å². The summed E-state index contributed by atoms with van der Waals surface area (Å²) in [6.07, 6.45) is 0.554. The Morgan fingerprint density at radius 1 is 1.05 bits per heavy atom. The molecule has 1 fully saturated rings. The summed E-state index contributed by atoms with van der Waals surface area (Å²) in [4.78, 5) is 0. The number of halogens is 3. The lowest BCUT2D eigenvalue weighted by molar-refractivity contribution is -0.169. The summed E-state index contributed by atoms with van der Waals surface area (Å²) < 4.78 is 37.2. The highest BCUT2D eigenvalue weighted by molar-refractivity contribution is 4.85. The van der Waals surface area contributed by atoms with Gasteiger partial charge >= 0.3 is 6.18 Å². The van der Waals surface area contributed by atoms with E-state index in [4.69, 9.17) is 0 Å². The summed E-state index contributed by atoms with van der Waals surface area (Å²) in [5.41, 5.74) is 0.